The molecule has 0 radical (unpaired) electrons. The van der Waals surface area contributed by atoms with Crippen molar-refractivity contribution in [1.29, 1.82) is 0 Å². The van der Waals surface area contributed by atoms with Gasteiger partial charge in [0, 0.05) is 30.3 Å². The molecule has 2 heterocycles. The number of nitrogens with two attached hydrogens (primary N) is 1. The zero-order chi connectivity index (χ0) is 10.7. The zero-order valence-electron chi connectivity index (χ0n) is 8.40. The fraction of sp³-hybridized carbons (Fsp3) is 0.500. The molecule has 82 valence electrons. The number of pyridine rings is 1. The first-order chi connectivity index (χ1) is 7.29. The lowest BCUT2D eigenvalue weighted by molar-refractivity contribution is 0.0465. The first-order valence-corrected chi connectivity index (χ1v) is 5.76. The fourth-order valence-corrected chi connectivity index (χ4v) is 2.02. The molecular formula is C10H14BrN3O. The van der Waals surface area contributed by atoms with E-state index in [9.17, 15) is 0 Å². The van der Waals surface area contributed by atoms with Gasteiger partial charge in [0.05, 0.1) is 24.6 Å². The Morgan fingerprint density at radius 2 is 2.47 bits per heavy atom. The quantitative estimate of drug-likeness (QED) is 0.873. The number of halogens is 1. The van der Waals surface area contributed by atoms with E-state index in [1.165, 1.54) is 0 Å². The zero-order valence-corrected chi connectivity index (χ0v) is 9.98. The van der Waals surface area contributed by atoms with Gasteiger partial charge in [0.25, 0.3) is 0 Å². The Morgan fingerprint density at radius 1 is 1.60 bits per heavy atom. The third kappa shape index (κ3) is 2.68. The average molecular weight is 272 g/mol. The van der Waals surface area contributed by atoms with E-state index in [1.807, 2.05) is 6.20 Å². The second-order valence-electron chi connectivity index (χ2n) is 3.54. The smallest absolute Gasteiger partial charge is 0.0872 e. The van der Waals surface area contributed by atoms with Crippen LogP contribution < -0.4 is 10.6 Å². The number of hydrogen-bond acceptors (Lipinski definition) is 4. The number of rotatable bonds is 2. The molecule has 0 amide bonds. The van der Waals surface area contributed by atoms with Crippen LogP contribution in [0.4, 0.5) is 5.69 Å². The Bertz CT molecular complexity index is 334. The van der Waals surface area contributed by atoms with Gasteiger partial charge in [-0.2, -0.15) is 0 Å². The normalized spacial score (nSPS) is 21.7. The molecule has 1 aromatic rings. The summed E-state index contributed by atoms with van der Waals surface area (Å²) < 4.78 is 6.51. The van der Waals surface area contributed by atoms with E-state index < -0.39 is 0 Å². The van der Waals surface area contributed by atoms with E-state index in [4.69, 9.17) is 10.5 Å². The number of hydrogen-bond donors (Lipinski definition) is 1. The van der Waals surface area contributed by atoms with Crippen molar-refractivity contribution in [3.8, 4) is 0 Å². The first-order valence-electron chi connectivity index (χ1n) is 4.97. The minimum Gasteiger partial charge on any atom is -0.373 e. The van der Waals surface area contributed by atoms with Crippen LogP contribution in [0, 0.1) is 0 Å². The lowest BCUT2D eigenvalue weighted by atomic mass is 10.2. The minimum absolute atomic E-state index is 0.137. The molecule has 1 aliphatic rings. The molecule has 2 rings (SSSR count). The Kier molecular flexibility index (Phi) is 3.56. The summed E-state index contributed by atoms with van der Waals surface area (Å²) in [7, 11) is 0. The number of anilines is 1. The van der Waals surface area contributed by atoms with E-state index in [0.717, 1.165) is 29.9 Å². The Morgan fingerprint density at radius 3 is 3.20 bits per heavy atom. The summed E-state index contributed by atoms with van der Waals surface area (Å²) >= 11 is 3.42. The van der Waals surface area contributed by atoms with Crippen LogP contribution in [0.3, 0.4) is 0 Å². The lowest BCUT2D eigenvalue weighted by Crippen LogP contribution is -2.45. The van der Waals surface area contributed by atoms with Gasteiger partial charge in [0.1, 0.15) is 0 Å². The van der Waals surface area contributed by atoms with Crippen LogP contribution in [0.15, 0.2) is 22.9 Å². The van der Waals surface area contributed by atoms with E-state index in [-0.39, 0.29) is 6.10 Å². The van der Waals surface area contributed by atoms with Crippen LogP contribution in [0.25, 0.3) is 0 Å². The SMILES string of the molecule is NCC1CN(c2cncc(Br)c2)CCO1. The Balaban J connectivity index is 2.09. The van der Waals surface area contributed by atoms with Gasteiger partial charge in [-0.15, -0.1) is 0 Å². The summed E-state index contributed by atoms with van der Waals surface area (Å²) in [5.74, 6) is 0. The monoisotopic (exact) mass is 271 g/mol. The molecule has 1 aromatic heterocycles. The summed E-state index contributed by atoms with van der Waals surface area (Å²) in [4.78, 5) is 6.40. The topological polar surface area (TPSA) is 51.4 Å². The van der Waals surface area contributed by atoms with Gasteiger partial charge < -0.3 is 15.4 Å². The van der Waals surface area contributed by atoms with Gasteiger partial charge in [-0.1, -0.05) is 0 Å². The average Bonchev–Trinajstić information content (AvgIpc) is 2.29. The van der Waals surface area contributed by atoms with Crippen molar-refractivity contribution < 1.29 is 4.74 Å². The molecular weight excluding hydrogens is 258 g/mol. The van der Waals surface area contributed by atoms with Crippen molar-refractivity contribution in [2.75, 3.05) is 31.1 Å². The minimum atomic E-state index is 0.137. The van der Waals surface area contributed by atoms with Crippen molar-refractivity contribution in [3.63, 3.8) is 0 Å². The maximum atomic E-state index is 5.60. The van der Waals surface area contributed by atoms with E-state index >= 15 is 0 Å². The van der Waals surface area contributed by atoms with Crippen molar-refractivity contribution >= 4 is 21.6 Å². The van der Waals surface area contributed by atoms with E-state index in [1.54, 1.807) is 6.20 Å². The summed E-state index contributed by atoms with van der Waals surface area (Å²) in [6.45, 7) is 3.04. The third-order valence-corrected chi connectivity index (χ3v) is 2.89. The molecule has 1 atom stereocenters. The number of morpholine rings is 1. The summed E-state index contributed by atoms with van der Waals surface area (Å²) in [6, 6.07) is 2.06. The van der Waals surface area contributed by atoms with Crippen LogP contribution in [0.1, 0.15) is 0 Å². The van der Waals surface area contributed by atoms with Gasteiger partial charge >= 0.3 is 0 Å². The summed E-state index contributed by atoms with van der Waals surface area (Å²) in [5, 5.41) is 0. The summed E-state index contributed by atoms with van der Waals surface area (Å²) in [5.41, 5.74) is 6.71. The largest absolute Gasteiger partial charge is 0.373 e. The first kappa shape index (κ1) is 10.9. The highest BCUT2D eigenvalue weighted by molar-refractivity contribution is 9.10. The molecule has 0 saturated carbocycles. The highest BCUT2D eigenvalue weighted by Crippen LogP contribution is 2.20. The molecule has 15 heavy (non-hydrogen) atoms. The predicted octanol–water partition coefficient (Wildman–Crippen LogP) is 1.01. The number of nitrogens with zero attached hydrogens (tertiary/aromatic N) is 2. The predicted molar refractivity (Wildman–Crippen MR) is 62.9 cm³/mol. The standard InChI is InChI=1S/C10H14BrN3O/c11-8-3-9(6-13-5-8)14-1-2-15-10(4-12)7-14/h3,5-6,10H,1-2,4,7,12H2. The van der Waals surface area contributed by atoms with Crippen molar-refractivity contribution in [3.05, 3.63) is 22.9 Å². The molecule has 0 aliphatic carbocycles. The highest BCUT2D eigenvalue weighted by Gasteiger charge is 2.19. The van der Waals surface area contributed by atoms with Crippen LogP contribution >= 0.6 is 15.9 Å². The van der Waals surface area contributed by atoms with Gasteiger partial charge in [0.2, 0.25) is 0 Å². The van der Waals surface area contributed by atoms with Crippen LogP contribution in [-0.2, 0) is 4.74 Å². The Labute approximate surface area is 97.6 Å². The second-order valence-corrected chi connectivity index (χ2v) is 4.45. The van der Waals surface area contributed by atoms with Crippen molar-refractivity contribution in [2.45, 2.75) is 6.10 Å². The van der Waals surface area contributed by atoms with Crippen LogP contribution in [-0.4, -0.2) is 37.3 Å². The summed E-state index contributed by atoms with van der Waals surface area (Å²) in [6.07, 6.45) is 3.78. The molecule has 0 spiro atoms. The van der Waals surface area contributed by atoms with Gasteiger partial charge in [-0.3, -0.25) is 4.98 Å². The van der Waals surface area contributed by atoms with E-state index in [0.29, 0.717) is 6.54 Å². The number of ether oxygens (including phenoxy) is 1. The molecule has 1 unspecified atom stereocenters. The molecule has 1 saturated heterocycles. The van der Waals surface area contributed by atoms with Crippen molar-refractivity contribution in [2.24, 2.45) is 5.73 Å². The third-order valence-electron chi connectivity index (χ3n) is 2.46. The maximum absolute atomic E-state index is 5.60. The second kappa shape index (κ2) is 4.92. The van der Waals surface area contributed by atoms with Gasteiger partial charge in [-0.25, -0.2) is 0 Å². The van der Waals surface area contributed by atoms with Crippen molar-refractivity contribution in [1.82, 2.24) is 4.98 Å². The maximum Gasteiger partial charge on any atom is 0.0872 e. The lowest BCUT2D eigenvalue weighted by Gasteiger charge is -2.33. The number of aromatic nitrogens is 1. The molecule has 4 nitrogen and oxygen atoms in total. The molecule has 2 N–H and O–H groups in total. The highest BCUT2D eigenvalue weighted by atomic mass is 79.9. The van der Waals surface area contributed by atoms with Crippen LogP contribution in [0.5, 0.6) is 0 Å². The molecule has 5 heteroatoms. The van der Waals surface area contributed by atoms with Crippen LogP contribution in [0.2, 0.25) is 0 Å². The fourth-order valence-electron chi connectivity index (χ4n) is 1.67. The van der Waals surface area contributed by atoms with E-state index in [2.05, 4.69) is 31.9 Å². The van der Waals surface area contributed by atoms with Gasteiger partial charge in [-0.05, 0) is 22.0 Å². The Hall–Kier alpha value is -0.650. The molecule has 0 aromatic carbocycles. The van der Waals surface area contributed by atoms with Gasteiger partial charge in [0.15, 0.2) is 0 Å². The molecule has 1 fully saturated rings. The molecule has 1 aliphatic heterocycles. The molecule has 0 bridgehead atoms.